The standard InChI is InChI=1S/C17H17N3O/c1-18-16(17-14(21-2)9-5-11-20-17)13-8-3-6-12-7-4-10-19-15(12)13/h3-11,16,18H,1-2H3. The Kier molecular flexibility index (Phi) is 3.79. The van der Waals surface area contributed by atoms with Crippen LogP contribution in [-0.2, 0) is 0 Å². The molecule has 4 heteroatoms. The van der Waals surface area contributed by atoms with Gasteiger partial charge in [0.25, 0.3) is 0 Å². The van der Waals surface area contributed by atoms with Gasteiger partial charge in [-0.15, -0.1) is 0 Å². The molecule has 2 heterocycles. The first-order valence-electron chi connectivity index (χ1n) is 6.85. The highest BCUT2D eigenvalue weighted by Gasteiger charge is 2.20. The third-order valence-electron chi connectivity index (χ3n) is 3.56. The Morgan fingerprint density at radius 3 is 2.57 bits per heavy atom. The summed E-state index contributed by atoms with van der Waals surface area (Å²) in [7, 11) is 3.58. The van der Waals surface area contributed by atoms with E-state index in [1.807, 2.05) is 37.5 Å². The minimum Gasteiger partial charge on any atom is -0.495 e. The van der Waals surface area contributed by atoms with Crippen molar-refractivity contribution in [2.75, 3.05) is 14.2 Å². The fraction of sp³-hybridized carbons (Fsp3) is 0.176. The number of ether oxygens (including phenoxy) is 1. The molecule has 0 radical (unpaired) electrons. The van der Waals surface area contributed by atoms with Crippen LogP contribution in [0.1, 0.15) is 17.3 Å². The van der Waals surface area contributed by atoms with Crippen molar-refractivity contribution in [3.8, 4) is 5.75 Å². The Morgan fingerprint density at radius 2 is 1.76 bits per heavy atom. The lowest BCUT2D eigenvalue weighted by molar-refractivity contribution is 0.402. The maximum absolute atomic E-state index is 5.44. The number of nitrogens with zero attached hydrogens (tertiary/aromatic N) is 2. The Balaban J connectivity index is 2.19. The zero-order valence-electron chi connectivity index (χ0n) is 12.1. The van der Waals surface area contributed by atoms with Crippen LogP contribution in [0.3, 0.4) is 0 Å². The molecule has 0 spiro atoms. The van der Waals surface area contributed by atoms with E-state index >= 15 is 0 Å². The first-order chi connectivity index (χ1) is 10.3. The number of nitrogens with one attached hydrogen (secondary N) is 1. The van der Waals surface area contributed by atoms with Gasteiger partial charge in [-0.25, -0.2) is 0 Å². The topological polar surface area (TPSA) is 47.0 Å². The number of hydrogen-bond acceptors (Lipinski definition) is 4. The van der Waals surface area contributed by atoms with E-state index in [2.05, 4.69) is 33.5 Å². The molecule has 1 N–H and O–H groups in total. The molecular formula is C17H17N3O. The number of fused-ring (bicyclic) bond motifs is 1. The van der Waals surface area contributed by atoms with Gasteiger partial charge in [0.2, 0.25) is 0 Å². The van der Waals surface area contributed by atoms with Crippen molar-refractivity contribution in [2.45, 2.75) is 6.04 Å². The molecule has 0 aliphatic heterocycles. The number of aromatic nitrogens is 2. The average Bonchev–Trinajstić information content (AvgIpc) is 2.56. The molecule has 0 saturated heterocycles. The van der Waals surface area contributed by atoms with Gasteiger partial charge in [0, 0.05) is 23.3 Å². The van der Waals surface area contributed by atoms with Crippen LogP contribution in [0.2, 0.25) is 0 Å². The summed E-state index contributed by atoms with van der Waals surface area (Å²) in [6, 6.07) is 13.9. The number of para-hydroxylation sites is 1. The molecule has 2 aromatic heterocycles. The summed E-state index contributed by atoms with van der Waals surface area (Å²) in [6.45, 7) is 0. The zero-order valence-corrected chi connectivity index (χ0v) is 12.1. The minimum atomic E-state index is -0.0697. The Labute approximate surface area is 123 Å². The molecular weight excluding hydrogens is 262 g/mol. The van der Waals surface area contributed by atoms with Gasteiger partial charge in [-0.3, -0.25) is 9.97 Å². The molecule has 4 nitrogen and oxygen atoms in total. The molecule has 1 atom stereocenters. The van der Waals surface area contributed by atoms with Gasteiger partial charge in [-0.1, -0.05) is 24.3 Å². The monoisotopic (exact) mass is 279 g/mol. The highest BCUT2D eigenvalue weighted by Crippen LogP contribution is 2.31. The molecule has 1 unspecified atom stereocenters. The van der Waals surface area contributed by atoms with Crippen LogP contribution in [-0.4, -0.2) is 24.1 Å². The summed E-state index contributed by atoms with van der Waals surface area (Å²) in [5.74, 6) is 0.768. The summed E-state index contributed by atoms with van der Waals surface area (Å²) in [4.78, 5) is 9.01. The van der Waals surface area contributed by atoms with Crippen molar-refractivity contribution in [3.63, 3.8) is 0 Å². The summed E-state index contributed by atoms with van der Waals surface area (Å²) < 4.78 is 5.44. The van der Waals surface area contributed by atoms with Crippen LogP contribution in [0, 0.1) is 0 Å². The van der Waals surface area contributed by atoms with Crippen molar-refractivity contribution in [3.05, 3.63) is 66.1 Å². The van der Waals surface area contributed by atoms with Gasteiger partial charge in [0.15, 0.2) is 0 Å². The second-order valence-electron chi connectivity index (χ2n) is 4.73. The molecule has 0 fully saturated rings. The lowest BCUT2D eigenvalue weighted by Crippen LogP contribution is -2.20. The third-order valence-corrected chi connectivity index (χ3v) is 3.56. The second kappa shape index (κ2) is 5.89. The van der Waals surface area contributed by atoms with Gasteiger partial charge < -0.3 is 10.1 Å². The highest BCUT2D eigenvalue weighted by molar-refractivity contribution is 5.82. The molecule has 0 aliphatic rings. The summed E-state index contributed by atoms with van der Waals surface area (Å²) >= 11 is 0. The highest BCUT2D eigenvalue weighted by atomic mass is 16.5. The predicted octanol–water partition coefficient (Wildman–Crippen LogP) is 2.95. The maximum atomic E-state index is 5.44. The van der Waals surface area contributed by atoms with E-state index in [0.29, 0.717) is 0 Å². The number of rotatable bonds is 4. The van der Waals surface area contributed by atoms with E-state index in [9.17, 15) is 0 Å². The molecule has 0 amide bonds. The maximum Gasteiger partial charge on any atom is 0.142 e. The van der Waals surface area contributed by atoms with Crippen LogP contribution in [0.15, 0.2) is 54.9 Å². The molecule has 106 valence electrons. The van der Waals surface area contributed by atoms with Crippen molar-refractivity contribution < 1.29 is 4.74 Å². The normalized spacial score (nSPS) is 12.3. The number of hydrogen-bond donors (Lipinski definition) is 1. The molecule has 0 bridgehead atoms. The Bertz CT molecular complexity index is 752. The van der Waals surface area contributed by atoms with Gasteiger partial charge in [-0.2, -0.15) is 0 Å². The predicted molar refractivity (Wildman–Crippen MR) is 83.4 cm³/mol. The Morgan fingerprint density at radius 1 is 1.00 bits per heavy atom. The average molecular weight is 279 g/mol. The van der Waals surface area contributed by atoms with E-state index in [1.165, 1.54) is 0 Å². The molecule has 3 aromatic rings. The quantitative estimate of drug-likeness (QED) is 0.797. The van der Waals surface area contributed by atoms with Gasteiger partial charge in [0.05, 0.1) is 18.7 Å². The minimum absolute atomic E-state index is 0.0697. The van der Waals surface area contributed by atoms with Crippen LogP contribution in [0.5, 0.6) is 5.75 Å². The van der Waals surface area contributed by atoms with Crippen LogP contribution in [0.4, 0.5) is 0 Å². The molecule has 0 saturated carbocycles. The van der Waals surface area contributed by atoms with E-state index < -0.39 is 0 Å². The second-order valence-corrected chi connectivity index (χ2v) is 4.73. The fourth-order valence-electron chi connectivity index (χ4n) is 2.59. The lowest BCUT2D eigenvalue weighted by Gasteiger charge is -2.19. The number of methoxy groups -OCH3 is 1. The molecule has 1 aromatic carbocycles. The summed E-state index contributed by atoms with van der Waals surface area (Å²) in [5.41, 5.74) is 2.93. The van der Waals surface area contributed by atoms with E-state index in [4.69, 9.17) is 4.74 Å². The van der Waals surface area contributed by atoms with Crippen LogP contribution >= 0.6 is 0 Å². The zero-order chi connectivity index (χ0) is 14.7. The van der Waals surface area contributed by atoms with Crippen molar-refractivity contribution in [1.29, 1.82) is 0 Å². The number of pyridine rings is 2. The largest absolute Gasteiger partial charge is 0.495 e. The summed E-state index contributed by atoms with van der Waals surface area (Å²) in [5, 5.41) is 4.43. The van der Waals surface area contributed by atoms with Crippen LogP contribution < -0.4 is 10.1 Å². The summed E-state index contributed by atoms with van der Waals surface area (Å²) in [6.07, 6.45) is 3.59. The van der Waals surface area contributed by atoms with Gasteiger partial charge >= 0.3 is 0 Å². The van der Waals surface area contributed by atoms with Crippen molar-refractivity contribution in [2.24, 2.45) is 0 Å². The van der Waals surface area contributed by atoms with E-state index in [1.54, 1.807) is 13.3 Å². The molecule has 0 aliphatic carbocycles. The van der Waals surface area contributed by atoms with Crippen molar-refractivity contribution >= 4 is 10.9 Å². The SMILES string of the molecule is CNC(c1ncccc1OC)c1cccc2cccnc12. The first-order valence-corrected chi connectivity index (χ1v) is 6.85. The van der Waals surface area contributed by atoms with Crippen molar-refractivity contribution in [1.82, 2.24) is 15.3 Å². The Hall–Kier alpha value is -2.46. The molecule has 21 heavy (non-hydrogen) atoms. The lowest BCUT2D eigenvalue weighted by atomic mass is 9.99. The molecule has 3 rings (SSSR count). The fourth-order valence-corrected chi connectivity index (χ4v) is 2.59. The van der Waals surface area contributed by atoms with Crippen LogP contribution in [0.25, 0.3) is 10.9 Å². The third kappa shape index (κ3) is 2.45. The number of benzene rings is 1. The van der Waals surface area contributed by atoms with E-state index in [0.717, 1.165) is 27.9 Å². The van der Waals surface area contributed by atoms with Gasteiger partial charge in [-0.05, 0) is 25.2 Å². The van der Waals surface area contributed by atoms with E-state index in [-0.39, 0.29) is 6.04 Å². The van der Waals surface area contributed by atoms with Gasteiger partial charge in [0.1, 0.15) is 11.4 Å². The first kappa shape index (κ1) is 13.5. The smallest absolute Gasteiger partial charge is 0.142 e.